The lowest BCUT2D eigenvalue weighted by Gasteiger charge is -2.15. The third-order valence-electron chi connectivity index (χ3n) is 11.4. The molecule has 0 N–H and O–H groups in total. The van der Waals surface area contributed by atoms with Crippen molar-refractivity contribution in [2.75, 3.05) is 0 Å². The fourth-order valence-electron chi connectivity index (χ4n) is 8.80. The Hall–Kier alpha value is -7.56. The van der Waals surface area contributed by atoms with Crippen LogP contribution in [0, 0.1) is 0 Å². The lowest BCUT2D eigenvalue weighted by molar-refractivity contribution is 1.08. The van der Waals surface area contributed by atoms with Crippen LogP contribution in [0.2, 0.25) is 0 Å². The Labute approximate surface area is 322 Å². The summed E-state index contributed by atoms with van der Waals surface area (Å²) in [5.41, 5.74) is 11.7. The molecule has 0 saturated carbocycles. The van der Waals surface area contributed by atoms with Gasteiger partial charge in [0.2, 0.25) is 0 Å². The first-order valence-corrected chi connectivity index (χ1v) is 19.1. The van der Waals surface area contributed by atoms with Gasteiger partial charge in [-0.15, -0.1) is 0 Å². The molecule has 0 aliphatic heterocycles. The molecule has 0 bridgehead atoms. The Kier molecular flexibility index (Phi) is 6.60. The molecule has 0 amide bonds. The van der Waals surface area contributed by atoms with Crippen LogP contribution in [0.1, 0.15) is 0 Å². The lowest BCUT2D eigenvalue weighted by Crippen LogP contribution is -2.04. The van der Waals surface area contributed by atoms with Crippen molar-refractivity contribution in [2.24, 2.45) is 0 Å². The standard InChI is InChI=1S/C52H32N4/c1-2-16-40(17-3-1)55-47-21-11-8-18-41(47)43-30-37(25-27-48(43)55)38-24-26-42-44-29-35-14-6-7-15-36(35)31-50(44)56(49(42)32-38)52-51(53-45-19-9-10-20-46(45)54-52)39-23-22-33-12-4-5-13-34(33)28-39/h1-32H. The molecule has 56 heavy (non-hydrogen) atoms. The van der Waals surface area contributed by atoms with Crippen LogP contribution in [-0.2, 0) is 0 Å². The summed E-state index contributed by atoms with van der Waals surface area (Å²) in [6.45, 7) is 0. The van der Waals surface area contributed by atoms with Gasteiger partial charge in [0, 0.05) is 32.8 Å². The molecule has 12 aromatic rings. The summed E-state index contributed by atoms with van der Waals surface area (Å²) in [7, 11) is 0. The van der Waals surface area contributed by atoms with E-state index >= 15 is 0 Å². The van der Waals surface area contributed by atoms with Crippen LogP contribution >= 0.6 is 0 Å². The zero-order chi connectivity index (χ0) is 36.7. The van der Waals surface area contributed by atoms with E-state index in [1.54, 1.807) is 0 Å². The number of hydrogen-bond donors (Lipinski definition) is 0. The predicted molar refractivity (Wildman–Crippen MR) is 234 cm³/mol. The fraction of sp³-hybridized carbons (Fsp3) is 0. The van der Waals surface area contributed by atoms with E-state index in [0.717, 1.165) is 56.0 Å². The molecule has 3 aromatic heterocycles. The summed E-state index contributed by atoms with van der Waals surface area (Å²) in [5.74, 6) is 0.813. The highest BCUT2D eigenvalue weighted by atomic mass is 15.1. The van der Waals surface area contributed by atoms with Crippen molar-refractivity contribution in [1.82, 2.24) is 19.1 Å². The minimum atomic E-state index is 0.813. The number of rotatable bonds is 4. The van der Waals surface area contributed by atoms with Gasteiger partial charge >= 0.3 is 0 Å². The van der Waals surface area contributed by atoms with Gasteiger partial charge in [-0.3, -0.25) is 4.57 Å². The quantitative estimate of drug-likeness (QED) is 0.182. The summed E-state index contributed by atoms with van der Waals surface area (Å²) in [6.07, 6.45) is 0. The van der Waals surface area contributed by atoms with Gasteiger partial charge in [-0.2, -0.15) is 0 Å². The van der Waals surface area contributed by atoms with Crippen LogP contribution in [-0.4, -0.2) is 19.1 Å². The van der Waals surface area contributed by atoms with Gasteiger partial charge in [-0.05, 0) is 99.4 Å². The zero-order valence-corrected chi connectivity index (χ0v) is 30.3. The molecular weight excluding hydrogens is 681 g/mol. The van der Waals surface area contributed by atoms with Crippen LogP contribution in [0.25, 0.3) is 110 Å². The van der Waals surface area contributed by atoms with Crippen LogP contribution in [0.5, 0.6) is 0 Å². The molecule has 0 saturated heterocycles. The first kappa shape index (κ1) is 30.9. The second-order valence-corrected chi connectivity index (χ2v) is 14.7. The second-order valence-electron chi connectivity index (χ2n) is 14.7. The van der Waals surface area contributed by atoms with Gasteiger partial charge in [0.15, 0.2) is 5.82 Å². The van der Waals surface area contributed by atoms with E-state index in [2.05, 4.69) is 191 Å². The topological polar surface area (TPSA) is 35.6 Å². The van der Waals surface area contributed by atoms with Gasteiger partial charge in [0.1, 0.15) is 5.69 Å². The van der Waals surface area contributed by atoms with Crippen LogP contribution in [0.4, 0.5) is 0 Å². The zero-order valence-electron chi connectivity index (χ0n) is 30.3. The molecule has 0 unspecified atom stereocenters. The highest BCUT2D eigenvalue weighted by molar-refractivity contribution is 6.15. The Morgan fingerprint density at radius 3 is 1.71 bits per heavy atom. The van der Waals surface area contributed by atoms with Crippen molar-refractivity contribution >= 4 is 76.2 Å². The number of para-hydroxylation sites is 4. The van der Waals surface area contributed by atoms with E-state index < -0.39 is 0 Å². The number of nitrogens with zero attached hydrogens (tertiary/aromatic N) is 4. The van der Waals surface area contributed by atoms with Gasteiger partial charge in [-0.25, -0.2) is 9.97 Å². The van der Waals surface area contributed by atoms with Crippen molar-refractivity contribution in [3.05, 3.63) is 194 Å². The highest BCUT2D eigenvalue weighted by Gasteiger charge is 2.21. The van der Waals surface area contributed by atoms with Gasteiger partial charge < -0.3 is 4.57 Å². The average Bonchev–Trinajstić information content (AvgIpc) is 3.76. The largest absolute Gasteiger partial charge is 0.309 e. The Balaban J connectivity index is 1.15. The molecule has 9 aromatic carbocycles. The fourth-order valence-corrected chi connectivity index (χ4v) is 8.80. The normalized spacial score (nSPS) is 11.9. The Morgan fingerprint density at radius 1 is 0.304 bits per heavy atom. The van der Waals surface area contributed by atoms with Crippen LogP contribution in [0.3, 0.4) is 0 Å². The summed E-state index contributed by atoms with van der Waals surface area (Å²) < 4.78 is 4.72. The molecule has 0 aliphatic rings. The van der Waals surface area contributed by atoms with Crippen molar-refractivity contribution < 1.29 is 0 Å². The number of aromatic nitrogens is 4. The van der Waals surface area contributed by atoms with Gasteiger partial charge in [0.25, 0.3) is 0 Å². The average molecular weight is 713 g/mol. The summed E-state index contributed by atoms with van der Waals surface area (Å²) in [6, 6.07) is 69.7. The molecule has 0 aliphatic carbocycles. The first-order chi connectivity index (χ1) is 27.7. The van der Waals surface area contributed by atoms with Crippen molar-refractivity contribution in [3.8, 4) is 33.9 Å². The predicted octanol–water partition coefficient (Wildman–Crippen LogP) is 13.5. The number of benzene rings is 9. The molecular formula is C52H32N4. The van der Waals surface area contributed by atoms with Crippen molar-refractivity contribution in [2.45, 2.75) is 0 Å². The highest BCUT2D eigenvalue weighted by Crippen LogP contribution is 2.41. The maximum Gasteiger partial charge on any atom is 0.165 e. The van der Waals surface area contributed by atoms with Crippen molar-refractivity contribution in [3.63, 3.8) is 0 Å². The molecule has 4 nitrogen and oxygen atoms in total. The molecule has 4 heteroatoms. The Morgan fingerprint density at radius 2 is 0.875 bits per heavy atom. The maximum absolute atomic E-state index is 5.46. The van der Waals surface area contributed by atoms with Crippen LogP contribution < -0.4 is 0 Å². The van der Waals surface area contributed by atoms with Crippen molar-refractivity contribution in [1.29, 1.82) is 0 Å². The van der Waals surface area contributed by atoms with Gasteiger partial charge in [-0.1, -0.05) is 127 Å². The summed E-state index contributed by atoms with van der Waals surface area (Å²) >= 11 is 0. The van der Waals surface area contributed by atoms with E-state index in [1.165, 1.54) is 54.1 Å². The van der Waals surface area contributed by atoms with Gasteiger partial charge in [0.05, 0.1) is 33.1 Å². The van der Waals surface area contributed by atoms with Crippen LogP contribution in [0.15, 0.2) is 194 Å². The lowest BCUT2D eigenvalue weighted by atomic mass is 10.0. The summed E-state index contributed by atoms with van der Waals surface area (Å²) in [4.78, 5) is 10.8. The smallest absolute Gasteiger partial charge is 0.165 e. The van der Waals surface area contributed by atoms with E-state index in [0.29, 0.717) is 0 Å². The molecule has 0 radical (unpaired) electrons. The minimum Gasteiger partial charge on any atom is -0.309 e. The third kappa shape index (κ3) is 4.66. The molecule has 0 atom stereocenters. The molecule has 12 rings (SSSR count). The van der Waals surface area contributed by atoms with E-state index in [-0.39, 0.29) is 0 Å². The molecule has 260 valence electrons. The SMILES string of the molecule is c1ccc(-n2c3ccccc3c3cc(-c4ccc5c6cc7ccccc7cc6n(-c6nc7ccccc7nc6-c6ccc7ccccc7c6)c5c4)ccc32)cc1. The monoisotopic (exact) mass is 712 g/mol. The first-order valence-electron chi connectivity index (χ1n) is 19.1. The van der Waals surface area contributed by atoms with E-state index in [4.69, 9.17) is 9.97 Å². The summed E-state index contributed by atoms with van der Waals surface area (Å²) in [5, 5.41) is 9.60. The van der Waals surface area contributed by atoms with E-state index in [1.807, 2.05) is 12.1 Å². The molecule has 3 heterocycles. The maximum atomic E-state index is 5.46. The van der Waals surface area contributed by atoms with E-state index in [9.17, 15) is 0 Å². The second kappa shape index (κ2) is 12.0. The molecule has 0 spiro atoms. The Bertz CT molecular complexity index is 3540. The number of fused-ring (bicyclic) bond motifs is 9. The molecule has 0 fully saturated rings. The third-order valence-corrected chi connectivity index (χ3v) is 11.4. The number of hydrogen-bond acceptors (Lipinski definition) is 2. The minimum absolute atomic E-state index is 0.813.